The van der Waals surface area contributed by atoms with Crippen LogP contribution in [0.5, 0.6) is 0 Å². The van der Waals surface area contributed by atoms with Crippen molar-refractivity contribution in [3.63, 3.8) is 0 Å². The highest BCUT2D eigenvalue weighted by molar-refractivity contribution is 5.69. The Kier molecular flexibility index (Phi) is 4.23. The number of hydrogen-bond donors (Lipinski definition) is 1. The molecule has 2 aromatic carbocycles. The molecule has 19 heavy (non-hydrogen) atoms. The van der Waals surface area contributed by atoms with Gasteiger partial charge >= 0.3 is 0 Å². The van der Waals surface area contributed by atoms with Crippen LogP contribution in [0.4, 0.5) is 11.4 Å². The summed E-state index contributed by atoms with van der Waals surface area (Å²) in [6.45, 7) is 7.24. The van der Waals surface area contributed by atoms with Gasteiger partial charge < -0.3 is 10.0 Å². The summed E-state index contributed by atoms with van der Waals surface area (Å²) in [5, 5.41) is 9.58. The van der Waals surface area contributed by atoms with Gasteiger partial charge in [-0.1, -0.05) is 35.9 Å². The number of aliphatic hydroxyl groups is 1. The van der Waals surface area contributed by atoms with E-state index in [1.54, 1.807) is 0 Å². The van der Waals surface area contributed by atoms with Gasteiger partial charge in [0.2, 0.25) is 0 Å². The number of rotatable bonds is 4. The third-order valence-corrected chi connectivity index (χ3v) is 3.42. The molecule has 0 saturated heterocycles. The molecule has 0 aromatic heterocycles. The predicted octanol–water partition coefficient (Wildman–Crippen LogP) is 3.95. The van der Waals surface area contributed by atoms with E-state index in [1.165, 1.54) is 16.8 Å². The lowest BCUT2D eigenvalue weighted by atomic mass is 10.1. The van der Waals surface area contributed by atoms with Crippen molar-refractivity contribution in [1.82, 2.24) is 0 Å². The van der Waals surface area contributed by atoms with Gasteiger partial charge in [-0.05, 0) is 38.5 Å². The van der Waals surface area contributed by atoms with Gasteiger partial charge in [0, 0.05) is 23.5 Å². The Hall–Kier alpha value is -1.80. The van der Waals surface area contributed by atoms with Crippen LogP contribution >= 0.6 is 0 Å². The SMILES string of the molecule is CCN(c1ccccc1C)c1ccc(C)cc1CO. The second-order valence-electron chi connectivity index (χ2n) is 4.82. The Morgan fingerprint density at radius 2 is 1.74 bits per heavy atom. The fourth-order valence-electron chi connectivity index (χ4n) is 2.44. The van der Waals surface area contributed by atoms with Gasteiger partial charge in [-0.15, -0.1) is 0 Å². The van der Waals surface area contributed by atoms with E-state index in [9.17, 15) is 5.11 Å². The maximum Gasteiger partial charge on any atom is 0.0702 e. The number of nitrogens with zero attached hydrogens (tertiary/aromatic N) is 1. The second kappa shape index (κ2) is 5.89. The van der Waals surface area contributed by atoms with Crippen LogP contribution in [0.3, 0.4) is 0 Å². The van der Waals surface area contributed by atoms with Gasteiger partial charge in [-0.2, -0.15) is 0 Å². The minimum absolute atomic E-state index is 0.0688. The van der Waals surface area contributed by atoms with Crippen molar-refractivity contribution < 1.29 is 5.11 Å². The predicted molar refractivity (Wildman–Crippen MR) is 81.0 cm³/mol. The molecule has 0 aliphatic heterocycles. The highest BCUT2D eigenvalue weighted by Gasteiger charge is 2.13. The maximum atomic E-state index is 9.58. The Morgan fingerprint density at radius 1 is 1.00 bits per heavy atom. The lowest BCUT2D eigenvalue weighted by Crippen LogP contribution is -2.18. The molecule has 2 aromatic rings. The minimum atomic E-state index is 0.0688. The van der Waals surface area contributed by atoms with Crippen molar-refractivity contribution in [2.24, 2.45) is 0 Å². The van der Waals surface area contributed by atoms with E-state index >= 15 is 0 Å². The lowest BCUT2D eigenvalue weighted by Gasteiger charge is -2.27. The molecule has 0 fully saturated rings. The first-order valence-corrected chi connectivity index (χ1v) is 6.71. The van der Waals surface area contributed by atoms with Gasteiger partial charge in [-0.25, -0.2) is 0 Å². The average molecular weight is 255 g/mol. The molecule has 0 radical (unpaired) electrons. The molecule has 0 aliphatic rings. The zero-order chi connectivity index (χ0) is 13.8. The van der Waals surface area contributed by atoms with Gasteiger partial charge in [-0.3, -0.25) is 0 Å². The smallest absolute Gasteiger partial charge is 0.0702 e. The summed E-state index contributed by atoms with van der Waals surface area (Å²) in [5.74, 6) is 0. The summed E-state index contributed by atoms with van der Waals surface area (Å²) in [4.78, 5) is 2.25. The Bertz CT molecular complexity index is 563. The van der Waals surface area contributed by atoms with Crippen molar-refractivity contribution in [2.75, 3.05) is 11.4 Å². The van der Waals surface area contributed by atoms with Crippen LogP contribution < -0.4 is 4.90 Å². The molecule has 0 heterocycles. The van der Waals surface area contributed by atoms with Crippen LogP contribution in [-0.2, 0) is 6.61 Å². The first-order chi connectivity index (χ1) is 9.17. The summed E-state index contributed by atoms with van der Waals surface area (Å²) in [5.41, 5.74) is 5.68. The molecule has 1 N–H and O–H groups in total. The fourth-order valence-corrected chi connectivity index (χ4v) is 2.44. The third kappa shape index (κ3) is 2.79. The molecule has 0 amide bonds. The van der Waals surface area contributed by atoms with E-state index in [-0.39, 0.29) is 6.61 Å². The second-order valence-corrected chi connectivity index (χ2v) is 4.82. The molecule has 0 bridgehead atoms. The molecule has 0 saturated carbocycles. The van der Waals surface area contributed by atoms with Crippen LogP contribution in [0.15, 0.2) is 42.5 Å². The molecule has 2 nitrogen and oxygen atoms in total. The van der Waals surface area contributed by atoms with Crippen LogP contribution in [0.1, 0.15) is 23.6 Å². The molecule has 100 valence electrons. The first kappa shape index (κ1) is 13.6. The molecule has 0 spiro atoms. The Labute approximate surface area is 115 Å². The van der Waals surface area contributed by atoms with E-state index < -0.39 is 0 Å². The van der Waals surface area contributed by atoms with Gasteiger partial charge in [0.25, 0.3) is 0 Å². The van der Waals surface area contributed by atoms with Crippen molar-refractivity contribution >= 4 is 11.4 Å². The van der Waals surface area contributed by atoms with Crippen LogP contribution in [0.2, 0.25) is 0 Å². The molecule has 2 heteroatoms. The summed E-state index contributed by atoms with van der Waals surface area (Å²) in [6, 6.07) is 14.6. The van der Waals surface area contributed by atoms with Crippen molar-refractivity contribution in [3.8, 4) is 0 Å². The number of aliphatic hydroxyl groups excluding tert-OH is 1. The molecular weight excluding hydrogens is 234 g/mol. The highest BCUT2D eigenvalue weighted by Crippen LogP contribution is 2.31. The normalized spacial score (nSPS) is 10.5. The number of benzene rings is 2. The first-order valence-electron chi connectivity index (χ1n) is 6.71. The van der Waals surface area contributed by atoms with Crippen LogP contribution in [-0.4, -0.2) is 11.7 Å². The summed E-state index contributed by atoms with van der Waals surface area (Å²) < 4.78 is 0. The molecular formula is C17H21NO. The third-order valence-electron chi connectivity index (χ3n) is 3.42. The van der Waals surface area contributed by atoms with Gasteiger partial charge in [0.15, 0.2) is 0 Å². The molecule has 2 rings (SSSR count). The molecule has 0 unspecified atom stereocenters. The van der Waals surface area contributed by atoms with E-state index in [4.69, 9.17) is 0 Å². The maximum absolute atomic E-state index is 9.58. The lowest BCUT2D eigenvalue weighted by molar-refractivity contribution is 0.282. The van der Waals surface area contributed by atoms with Crippen LogP contribution in [0.25, 0.3) is 0 Å². The zero-order valence-corrected chi connectivity index (χ0v) is 11.9. The largest absolute Gasteiger partial charge is 0.392 e. The summed E-state index contributed by atoms with van der Waals surface area (Å²) in [6.07, 6.45) is 0. The topological polar surface area (TPSA) is 23.5 Å². The molecule has 0 atom stereocenters. The summed E-state index contributed by atoms with van der Waals surface area (Å²) >= 11 is 0. The zero-order valence-electron chi connectivity index (χ0n) is 11.9. The van der Waals surface area contributed by atoms with E-state index in [0.717, 1.165) is 17.8 Å². The Balaban J connectivity index is 2.51. The fraction of sp³-hybridized carbons (Fsp3) is 0.294. The van der Waals surface area contributed by atoms with Crippen molar-refractivity contribution in [2.45, 2.75) is 27.4 Å². The number of para-hydroxylation sites is 1. The molecule has 0 aliphatic carbocycles. The van der Waals surface area contributed by atoms with Crippen molar-refractivity contribution in [1.29, 1.82) is 0 Å². The number of aryl methyl sites for hydroxylation is 2. The standard InChI is InChI=1S/C17H21NO/c1-4-18(16-8-6-5-7-14(16)3)17-10-9-13(2)11-15(17)12-19/h5-11,19H,4,12H2,1-3H3. The monoisotopic (exact) mass is 255 g/mol. The van der Waals surface area contributed by atoms with Gasteiger partial charge in [0.1, 0.15) is 0 Å². The quantitative estimate of drug-likeness (QED) is 0.894. The average Bonchev–Trinajstić information content (AvgIpc) is 2.43. The van der Waals surface area contributed by atoms with Crippen LogP contribution in [0, 0.1) is 13.8 Å². The van der Waals surface area contributed by atoms with E-state index in [2.05, 4.69) is 61.2 Å². The van der Waals surface area contributed by atoms with Gasteiger partial charge in [0.05, 0.1) is 6.61 Å². The minimum Gasteiger partial charge on any atom is -0.392 e. The van der Waals surface area contributed by atoms with E-state index in [1.807, 2.05) is 6.92 Å². The van der Waals surface area contributed by atoms with Crippen molar-refractivity contribution in [3.05, 3.63) is 59.2 Å². The number of hydrogen-bond acceptors (Lipinski definition) is 2. The number of anilines is 2. The Morgan fingerprint density at radius 3 is 2.37 bits per heavy atom. The summed E-state index contributed by atoms with van der Waals surface area (Å²) in [7, 11) is 0. The van der Waals surface area contributed by atoms with E-state index in [0.29, 0.717) is 0 Å². The highest BCUT2D eigenvalue weighted by atomic mass is 16.3.